The zero-order chi connectivity index (χ0) is 30.7. The Morgan fingerprint density at radius 2 is 1.81 bits per heavy atom. The molecule has 222 valence electrons. The van der Waals surface area contributed by atoms with Crippen molar-refractivity contribution in [3.8, 4) is 22.4 Å². The number of carbonyl (C=O) groups excluding carboxylic acids is 3. The van der Waals surface area contributed by atoms with Crippen LogP contribution in [0.1, 0.15) is 28.4 Å². The molecule has 2 aliphatic rings. The largest absolute Gasteiger partial charge is 0.398 e. The van der Waals surface area contributed by atoms with E-state index in [1.54, 1.807) is 17.9 Å². The number of piperazine rings is 1. The highest BCUT2D eigenvalue weighted by Crippen LogP contribution is 2.38. The van der Waals surface area contributed by atoms with E-state index in [0.717, 1.165) is 71.6 Å². The number of aldehydes is 1. The number of nitrogen functional groups attached to an aromatic ring is 1. The Morgan fingerprint density at radius 1 is 1.05 bits per heavy atom. The molecule has 3 heterocycles. The van der Waals surface area contributed by atoms with Crippen LogP contribution in [-0.4, -0.2) is 82.8 Å². The summed E-state index contributed by atoms with van der Waals surface area (Å²) >= 11 is 0. The van der Waals surface area contributed by atoms with E-state index < -0.39 is 0 Å². The minimum absolute atomic E-state index is 0.132. The summed E-state index contributed by atoms with van der Waals surface area (Å²) in [5.74, 6) is -0.0555. The van der Waals surface area contributed by atoms with Crippen LogP contribution in [0.4, 0.5) is 5.69 Å². The van der Waals surface area contributed by atoms with Gasteiger partial charge in [-0.1, -0.05) is 36.9 Å². The zero-order valence-electron chi connectivity index (χ0n) is 24.6. The molecule has 10 heteroatoms. The Labute approximate surface area is 250 Å². The van der Waals surface area contributed by atoms with Crippen molar-refractivity contribution in [2.45, 2.75) is 20.0 Å². The fourth-order valence-corrected chi connectivity index (χ4v) is 5.88. The van der Waals surface area contributed by atoms with Gasteiger partial charge in [-0.15, -0.1) is 0 Å². The van der Waals surface area contributed by atoms with Crippen LogP contribution in [-0.2, 0) is 22.7 Å². The van der Waals surface area contributed by atoms with E-state index >= 15 is 0 Å². The Hall–Kier alpha value is -4.80. The number of benzene rings is 3. The molecule has 2 amide bonds. The number of carbonyl (C=O) groups is 3. The fraction of sp³-hybridized carbons (Fsp3) is 0.273. The summed E-state index contributed by atoms with van der Waals surface area (Å²) in [6.45, 7) is 9.92. The highest BCUT2D eigenvalue weighted by molar-refractivity contribution is 6.06. The Kier molecular flexibility index (Phi) is 8.70. The van der Waals surface area contributed by atoms with Crippen LogP contribution in [0.25, 0.3) is 33.3 Å². The van der Waals surface area contributed by atoms with Crippen LogP contribution in [0.2, 0.25) is 0 Å². The van der Waals surface area contributed by atoms with Crippen molar-refractivity contribution in [2.24, 2.45) is 5.73 Å². The van der Waals surface area contributed by atoms with Gasteiger partial charge >= 0.3 is 0 Å². The van der Waals surface area contributed by atoms with Crippen molar-refractivity contribution in [2.75, 3.05) is 45.5 Å². The average Bonchev–Trinajstić information content (AvgIpc) is 3.59. The summed E-state index contributed by atoms with van der Waals surface area (Å²) in [6.07, 6.45) is 0.679. The molecule has 1 saturated heterocycles. The molecule has 0 atom stereocenters. The first-order valence-corrected chi connectivity index (χ1v) is 14.3. The number of aromatic amines is 1. The summed E-state index contributed by atoms with van der Waals surface area (Å²) in [6, 6.07) is 18.3. The van der Waals surface area contributed by atoms with Crippen molar-refractivity contribution in [1.82, 2.24) is 24.9 Å². The topological polar surface area (TPSA) is 142 Å². The van der Waals surface area contributed by atoms with Crippen molar-refractivity contribution < 1.29 is 14.4 Å². The van der Waals surface area contributed by atoms with Gasteiger partial charge in [0.05, 0.1) is 16.8 Å². The summed E-state index contributed by atoms with van der Waals surface area (Å²) in [5.41, 5.74) is 18.7. The van der Waals surface area contributed by atoms with E-state index in [4.69, 9.17) is 5.73 Å². The highest BCUT2D eigenvalue weighted by Gasteiger charge is 2.32. The predicted molar refractivity (Wildman–Crippen MR) is 169 cm³/mol. The average molecular weight is 580 g/mol. The van der Waals surface area contributed by atoms with Crippen molar-refractivity contribution in [3.05, 3.63) is 83.4 Å². The second-order valence-electron chi connectivity index (χ2n) is 10.8. The molecule has 0 spiro atoms. The van der Waals surface area contributed by atoms with Crippen LogP contribution < -0.4 is 11.5 Å². The van der Waals surface area contributed by atoms with E-state index in [9.17, 15) is 14.4 Å². The van der Waals surface area contributed by atoms with Gasteiger partial charge in [0.2, 0.25) is 5.91 Å². The lowest BCUT2D eigenvalue weighted by molar-refractivity contribution is -0.130. The smallest absolute Gasteiger partial charge is 0.256 e. The molecule has 43 heavy (non-hydrogen) atoms. The number of hydrogen-bond acceptors (Lipinski definition) is 7. The first kappa shape index (κ1) is 29.7. The monoisotopic (exact) mass is 579 g/mol. The molecule has 0 unspecified atom stereocenters. The van der Waals surface area contributed by atoms with Gasteiger partial charge in [-0.3, -0.25) is 24.4 Å². The number of nitrogens with one attached hydrogen (secondary N) is 1. The van der Waals surface area contributed by atoms with Gasteiger partial charge in [-0.25, -0.2) is 0 Å². The number of H-pyrrole nitrogens is 1. The molecule has 0 saturated carbocycles. The normalized spacial score (nSPS) is 14.8. The maximum atomic E-state index is 13.1. The summed E-state index contributed by atoms with van der Waals surface area (Å²) in [7, 11) is 1.50. The maximum absolute atomic E-state index is 13.1. The minimum atomic E-state index is -0.188. The van der Waals surface area contributed by atoms with Gasteiger partial charge in [0.1, 0.15) is 6.29 Å². The van der Waals surface area contributed by atoms with Gasteiger partial charge in [-0.2, -0.15) is 5.10 Å². The minimum Gasteiger partial charge on any atom is -0.398 e. The lowest BCUT2D eigenvalue weighted by Gasteiger charge is -2.34. The standard InChI is InChI=1S/C32H32N6O3.CH5N/c1-20(19-39)16-38-18-27-25(7-8-28(33)30(27)32(38)41)23-6-9-29-26(15-23)31(35-34-29)24-5-3-4-22(14-24)17-36-10-12-37(13-11-36)21(2)40;1-2/h3-9,14-15,19H,1,10-13,16-18,33H2,2H3,(H,34,35);2H2,1H3. The van der Waals surface area contributed by atoms with E-state index in [0.29, 0.717) is 29.7 Å². The highest BCUT2D eigenvalue weighted by atomic mass is 16.2. The van der Waals surface area contributed by atoms with E-state index in [1.165, 1.54) is 12.6 Å². The summed E-state index contributed by atoms with van der Waals surface area (Å²) in [5, 5.41) is 8.81. The third kappa shape index (κ3) is 5.93. The van der Waals surface area contributed by atoms with Crippen LogP contribution in [0.15, 0.2) is 66.7 Å². The van der Waals surface area contributed by atoms with Gasteiger partial charge in [0.15, 0.2) is 0 Å². The van der Waals surface area contributed by atoms with Crippen LogP contribution in [0.3, 0.4) is 0 Å². The number of amides is 2. The van der Waals surface area contributed by atoms with Crippen LogP contribution >= 0.6 is 0 Å². The first-order chi connectivity index (χ1) is 20.8. The summed E-state index contributed by atoms with van der Waals surface area (Å²) in [4.78, 5) is 41.8. The Morgan fingerprint density at radius 3 is 2.53 bits per heavy atom. The predicted octanol–water partition coefficient (Wildman–Crippen LogP) is 3.43. The molecule has 4 aromatic rings. The van der Waals surface area contributed by atoms with E-state index in [1.807, 2.05) is 23.1 Å². The van der Waals surface area contributed by atoms with Crippen molar-refractivity contribution in [1.29, 1.82) is 0 Å². The molecule has 3 aromatic carbocycles. The van der Waals surface area contributed by atoms with E-state index in [2.05, 4.69) is 57.7 Å². The second kappa shape index (κ2) is 12.6. The second-order valence-corrected chi connectivity index (χ2v) is 10.8. The molecule has 0 radical (unpaired) electrons. The lowest BCUT2D eigenvalue weighted by Crippen LogP contribution is -2.47. The molecule has 5 N–H and O–H groups in total. The molecule has 10 nitrogen and oxygen atoms in total. The molecule has 2 aliphatic heterocycles. The molecule has 0 aliphatic carbocycles. The van der Waals surface area contributed by atoms with Crippen molar-refractivity contribution in [3.63, 3.8) is 0 Å². The third-order valence-electron chi connectivity index (χ3n) is 8.05. The molecular weight excluding hydrogens is 542 g/mol. The molecular formula is C33H37N7O3. The van der Waals surface area contributed by atoms with Gasteiger partial charge in [-0.05, 0) is 53.6 Å². The van der Waals surface area contributed by atoms with E-state index in [-0.39, 0.29) is 18.4 Å². The molecule has 1 aromatic heterocycles. The Bertz CT molecular complexity index is 1700. The first-order valence-electron chi connectivity index (χ1n) is 14.3. The zero-order valence-corrected chi connectivity index (χ0v) is 24.6. The lowest BCUT2D eigenvalue weighted by atomic mass is 9.94. The molecule has 6 rings (SSSR count). The fourth-order valence-electron chi connectivity index (χ4n) is 5.88. The van der Waals surface area contributed by atoms with Crippen LogP contribution in [0, 0.1) is 0 Å². The van der Waals surface area contributed by atoms with Crippen molar-refractivity contribution >= 4 is 34.7 Å². The molecule has 1 fully saturated rings. The summed E-state index contributed by atoms with van der Waals surface area (Å²) < 4.78 is 0. The van der Waals surface area contributed by atoms with Gasteiger partial charge in [0, 0.05) is 74.9 Å². The number of rotatable bonds is 7. The number of nitrogens with two attached hydrogens (primary N) is 2. The quantitative estimate of drug-likeness (QED) is 0.173. The maximum Gasteiger partial charge on any atom is 0.256 e. The SMILES string of the molecule is C=C(C=O)CN1Cc2c(-c3ccc4[nH]nc(-c5cccc(CN6CCN(C(C)=O)CC6)c5)c4c3)ccc(N)c2C1=O.CN. The number of hydrogen-bond donors (Lipinski definition) is 3. The number of anilines is 1. The van der Waals surface area contributed by atoms with Gasteiger partial charge in [0.25, 0.3) is 5.91 Å². The number of nitrogens with zero attached hydrogens (tertiary/aromatic N) is 4. The van der Waals surface area contributed by atoms with Gasteiger partial charge < -0.3 is 21.3 Å². The number of fused-ring (bicyclic) bond motifs is 2. The molecule has 0 bridgehead atoms. The number of aromatic nitrogens is 2. The third-order valence-corrected chi connectivity index (χ3v) is 8.05. The Balaban J connectivity index is 0.00000180. The van der Waals surface area contributed by atoms with Crippen LogP contribution in [0.5, 0.6) is 0 Å².